The third-order valence-corrected chi connectivity index (χ3v) is 4.43. The summed E-state index contributed by atoms with van der Waals surface area (Å²) in [5.41, 5.74) is 1.60. The minimum Gasteiger partial charge on any atom is -0.496 e. The molecular formula is C23H20F3NO3. The second-order valence-electron chi connectivity index (χ2n) is 6.66. The van der Waals surface area contributed by atoms with Crippen molar-refractivity contribution in [1.29, 1.82) is 0 Å². The number of methoxy groups -OCH3 is 1. The van der Waals surface area contributed by atoms with E-state index in [0.29, 0.717) is 22.6 Å². The molecule has 7 heteroatoms. The van der Waals surface area contributed by atoms with Crippen LogP contribution in [0.3, 0.4) is 0 Å². The molecule has 0 atom stereocenters. The summed E-state index contributed by atoms with van der Waals surface area (Å²) in [6.45, 7) is 2.17. The maximum atomic E-state index is 12.7. The Morgan fingerprint density at radius 2 is 1.63 bits per heavy atom. The van der Waals surface area contributed by atoms with Crippen molar-refractivity contribution in [3.8, 4) is 11.5 Å². The fourth-order valence-electron chi connectivity index (χ4n) is 2.77. The van der Waals surface area contributed by atoms with Crippen LogP contribution in [-0.2, 0) is 12.8 Å². The molecule has 0 aliphatic rings. The molecule has 0 saturated carbocycles. The van der Waals surface area contributed by atoms with Crippen molar-refractivity contribution in [2.45, 2.75) is 19.7 Å². The smallest absolute Gasteiger partial charge is 0.416 e. The van der Waals surface area contributed by atoms with E-state index >= 15 is 0 Å². The van der Waals surface area contributed by atoms with E-state index in [1.54, 1.807) is 18.2 Å². The fourth-order valence-corrected chi connectivity index (χ4v) is 2.77. The van der Waals surface area contributed by atoms with E-state index in [1.807, 2.05) is 31.2 Å². The van der Waals surface area contributed by atoms with E-state index in [-0.39, 0.29) is 12.3 Å². The predicted molar refractivity (Wildman–Crippen MR) is 108 cm³/mol. The van der Waals surface area contributed by atoms with Crippen molar-refractivity contribution in [1.82, 2.24) is 0 Å². The number of carbonyl (C=O) groups is 1. The molecular weight excluding hydrogens is 395 g/mol. The quantitative estimate of drug-likeness (QED) is 0.549. The lowest BCUT2D eigenvalue weighted by atomic mass is 10.1. The van der Waals surface area contributed by atoms with E-state index in [2.05, 4.69) is 5.32 Å². The van der Waals surface area contributed by atoms with Gasteiger partial charge in [0.1, 0.15) is 18.1 Å². The van der Waals surface area contributed by atoms with Gasteiger partial charge in [0.25, 0.3) is 5.91 Å². The lowest BCUT2D eigenvalue weighted by molar-refractivity contribution is -0.137. The number of alkyl halides is 3. The highest BCUT2D eigenvalue weighted by Crippen LogP contribution is 2.30. The molecule has 0 heterocycles. The number of aryl methyl sites for hydroxylation is 1. The molecule has 3 rings (SSSR count). The minimum atomic E-state index is -4.43. The largest absolute Gasteiger partial charge is 0.496 e. The highest BCUT2D eigenvalue weighted by molar-refractivity contribution is 6.04. The third kappa shape index (κ3) is 5.31. The van der Waals surface area contributed by atoms with Crippen LogP contribution in [0.5, 0.6) is 11.5 Å². The molecule has 156 valence electrons. The van der Waals surface area contributed by atoms with Crippen molar-refractivity contribution >= 4 is 11.6 Å². The van der Waals surface area contributed by atoms with Crippen molar-refractivity contribution in [3.63, 3.8) is 0 Å². The molecule has 1 N–H and O–H groups in total. The molecule has 3 aromatic rings. The molecule has 0 fully saturated rings. The molecule has 30 heavy (non-hydrogen) atoms. The summed E-state index contributed by atoms with van der Waals surface area (Å²) >= 11 is 0. The summed E-state index contributed by atoms with van der Waals surface area (Å²) in [6.07, 6.45) is -4.43. The highest BCUT2D eigenvalue weighted by Gasteiger charge is 2.30. The molecule has 0 saturated heterocycles. The number of hydrogen-bond donors (Lipinski definition) is 1. The van der Waals surface area contributed by atoms with E-state index in [4.69, 9.17) is 9.47 Å². The van der Waals surface area contributed by atoms with Gasteiger partial charge < -0.3 is 14.8 Å². The second-order valence-corrected chi connectivity index (χ2v) is 6.66. The van der Waals surface area contributed by atoms with Crippen LogP contribution in [0, 0.1) is 6.92 Å². The van der Waals surface area contributed by atoms with Gasteiger partial charge in [0, 0.05) is 16.8 Å². The SMILES string of the molecule is COc1ccc(C(=O)Nc2ccc(C(F)(F)F)cc2)cc1COc1ccc(C)cc1. The second kappa shape index (κ2) is 8.90. The molecule has 0 unspecified atom stereocenters. The number of carbonyl (C=O) groups excluding carboxylic acids is 1. The van der Waals surface area contributed by atoms with Gasteiger partial charge in [0.2, 0.25) is 0 Å². The van der Waals surface area contributed by atoms with E-state index in [1.165, 1.54) is 19.2 Å². The number of benzene rings is 3. The summed E-state index contributed by atoms with van der Waals surface area (Å²) in [6, 6.07) is 16.7. The number of ether oxygens (including phenoxy) is 2. The molecule has 0 bridgehead atoms. The standard InChI is InChI=1S/C23H20F3NO3/c1-15-3-10-20(11-4-15)30-14-17-13-16(5-12-21(17)29-2)22(28)27-19-8-6-18(7-9-19)23(24,25)26/h3-13H,14H2,1-2H3,(H,27,28). The first-order valence-corrected chi connectivity index (χ1v) is 9.11. The topological polar surface area (TPSA) is 47.6 Å². The Morgan fingerprint density at radius 1 is 0.967 bits per heavy atom. The molecule has 0 aliphatic carbocycles. The van der Waals surface area contributed by atoms with Crippen molar-refractivity contribution in [3.05, 3.63) is 89.0 Å². The summed E-state index contributed by atoms with van der Waals surface area (Å²) in [5.74, 6) is 0.796. The van der Waals surface area contributed by atoms with Crippen LogP contribution < -0.4 is 14.8 Å². The molecule has 4 nitrogen and oxygen atoms in total. The van der Waals surface area contributed by atoms with Gasteiger partial charge in [-0.3, -0.25) is 4.79 Å². The maximum absolute atomic E-state index is 12.7. The van der Waals surface area contributed by atoms with Crippen LogP contribution in [0.1, 0.15) is 27.0 Å². The van der Waals surface area contributed by atoms with Crippen molar-refractivity contribution in [2.75, 3.05) is 12.4 Å². The Bertz CT molecular complexity index is 1010. The van der Waals surface area contributed by atoms with Crippen molar-refractivity contribution in [2.24, 2.45) is 0 Å². The van der Waals surface area contributed by atoms with Crippen LogP contribution in [0.4, 0.5) is 18.9 Å². The Hall–Kier alpha value is -3.48. The first-order chi connectivity index (χ1) is 14.3. The van der Waals surface area contributed by atoms with Gasteiger partial charge >= 0.3 is 6.18 Å². The number of rotatable bonds is 6. The van der Waals surface area contributed by atoms with Crippen LogP contribution >= 0.6 is 0 Å². The van der Waals surface area contributed by atoms with Gasteiger partial charge in [-0.15, -0.1) is 0 Å². The normalized spacial score (nSPS) is 11.1. The van der Waals surface area contributed by atoms with Crippen LogP contribution in [-0.4, -0.2) is 13.0 Å². The number of hydrogen-bond acceptors (Lipinski definition) is 3. The zero-order valence-electron chi connectivity index (χ0n) is 16.4. The first kappa shape index (κ1) is 21.2. The van der Waals surface area contributed by atoms with Crippen LogP contribution in [0.15, 0.2) is 66.7 Å². The molecule has 1 amide bonds. The maximum Gasteiger partial charge on any atom is 0.416 e. The number of anilines is 1. The van der Waals surface area contributed by atoms with Crippen LogP contribution in [0.2, 0.25) is 0 Å². The van der Waals surface area contributed by atoms with Gasteiger partial charge in [-0.25, -0.2) is 0 Å². The number of halogens is 3. The Labute approximate surface area is 172 Å². The molecule has 0 aromatic heterocycles. The summed E-state index contributed by atoms with van der Waals surface area (Å²) in [7, 11) is 1.52. The van der Waals surface area contributed by atoms with Gasteiger partial charge in [0.15, 0.2) is 0 Å². The van der Waals surface area contributed by atoms with Crippen molar-refractivity contribution < 1.29 is 27.4 Å². The third-order valence-electron chi connectivity index (χ3n) is 4.43. The lowest BCUT2D eigenvalue weighted by Gasteiger charge is -2.13. The molecule has 0 radical (unpaired) electrons. The van der Waals surface area contributed by atoms with E-state index in [9.17, 15) is 18.0 Å². The molecule has 3 aromatic carbocycles. The Morgan fingerprint density at radius 3 is 2.23 bits per heavy atom. The zero-order chi connectivity index (χ0) is 21.7. The van der Waals surface area contributed by atoms with E-state index in [0.717, 1.165) is 17.7 Å². The first-order valence-electron chi connectivity index (χ1n) is 9.11. The molecule has 0 spiro atoms. The summed E-state index contributed by atoms with van der Waals surface area (Å²) < 4.78 is 49.1. The average molecular weight is 415 g/mol. The number of nitrogens with one attached hydrogen (secondary N) is 1. The van der Waals surface area contributed by atoms with Gasteiger partial charge in [-0.05, 0) is 61.5 Å². The lowest BCUT2D eigenvalue weighted by Crippen LogP contribution is -2.13. The number of amides is 1. The Kier molecular flexibility index (Phi) is 6.30. The van der Waals surface area contributed by atoms with Gasteiger partial charge in [-0.2, -0.15) is 13.2 Å². The fraction of sp³-hybridized carbons (Fsp3) is 0.174. The van der Waals surface area contributed by atoms with Crippen LogP contribution in [0.25, 0.3) is 0 Å². The van der Waals surface area contributed by atoms with Gasteiger partial charge in [-0.1, -0.05) is 17.7 Å². The highest BCUT2D eigenvalue weighted by atomic mass is 19.4. The monoisotopic (exact) mass is 415 g/mol. The zero-order valence-corrected chi connectivity index (χ0v) is 16.4. The average Bonchev–Trinajstić information content (AvgIpc) is 2.73. The van der Waals surface area contributed by atoms with E-state index < -0.39 is 17.6 Å². The molecule has 0 aliphatic heterocycles. The summed E-state index contributed by atoms with van der Waals surface area (Å²) in [4.78, 5) is 12.5. The van der Waals surface area contributed by atoms with Gasteiger partial charge in [0.05, 0.1) is 12.7 Å². The predicted octanol–water partition coefficient (Wildman–Crippen LogP) is 5.85. The Balaban J connectivity index is 1.72. The minimum absolute atomic E-state index is 0.188. The summed E-state index contributed by atoms with van der Waals surface area (Å²) in [5, 5.41) is 2.59.